The summed E-state index contributed by atoms with van der Waals surface area (Å²) in [6, 6.07) is 0. The highest BCUT2D eigenvalue weighted by Crippen LogP contribution is 2.16. The van der Waals surface area contributed by atoms with Crippen LogP contribution in [0.15, 0.2) is 0 Å². The second-order valence-electron chi connectivity index (χ2n) is 4.01. The summed E-state index contributed by atoms with van der Waals surface area (Å²) in [6.45, 7) is 7.44. The van der Waals surface area contributed by atoms with Crippen LogP contribution < -0.4 is 5.32 Å². The zero-order valence-electron chi connectivity index (χ0n) is 10.9. The summed E-state index contributed by atoms with van der Waals surface area (Å²) >= 11 is 6.00. The molecule has 0 heterocycles. The number of alkyl halides is 1. The van der Waals surface area contributed by atoms with Crippen LogP contribution >= 0.6 is 11.6 Å². The Labute approximate surface area is 105 Å². The number of hydrogen-bond donors (Lipinski definition) is 1. The maximum absolute atomic E-state index is 6.00. The highest BCUT2D eigenvalue weighted by molar-refractivity contribution is 6.18. The van der Waals surface area contributed by atoms with Crippen LogP contribution in [0.3, 0.4) is 0 Å². The quantitative estimate of drug-likeness (QED) is 0.452. The molecule has 0 saturated carbocycles. The predicted molar refractivity (Wildman–Crippen MR) is 69.3 cm³/mol. The van der Waals surface area contributed by atoms with Crippen molar-refractivity contribution >= 4 is 11.6 Å². The van der Waals surface area contributed by atoms with Crippen molar-refractivity contribution in [2.24, 2.45) is 0 Å². The Kier molecular flexibility index (Phi) is 10.4. The Bertz CT molecular complexity index is 144. The average Bonchev–Trinajstić information content (AvgIpc) is 2.34. The van der Waals surface area contributed by atoms with Gasteiger partial charge in [0.15, 0.2) is 0 Å². The molecule has 0 aliphatic rings. The van der Waals surface area contributed by atoms with Gasteiger partial charge in [0.05, 0.1) is 13.2 Å². The monoisotopic (exact) mass is 251 g/mol. The summed E-state index contributed by atoms with van der Waals surface area (Å²) in [4.78, 5) is 0. The third kappa shape index (κ3) is 6.69. The van der Waals surface area contributed by atoms with Gasteiger partial charge < -0.3 is 14.8 Å². The fourth-order valence-corrected chi connectivity index (χ4v) is 1.98. The molecule has 0 aliphatic carbocycles. The van der Waals surface area contributed by atoms with Gasteiger partial charge in [-0.1, -0.05) is 13.8 Å². The molecule has 98 valence electrons. The van der Waals surface area contributed by atoms with Gasteiger partial charge in [0.2, 0.25) is 0 Å². The van der Waals surface area contributed by atoms with E-state index in [2.05, 4.69) is 19.2 Å². The summed E-state index contributed by atoms with van der Waals surface area (Å²) in [5.41, 5.74) is 0.105. The molecule has 0 rings (SSSR count). The van der Waals surface area contributed by atoms with E-state index >= 15 is 0 Å². The van der Waals surface area contributed by atoms with Crippen LogP contribution in [-0.2, 0) is 9.47 Å². The number of nitrogens with one attached hydrogen (secondary N) is 1. The van der Waals surface area contributed by atoms with E-state index in [4.69, 9.17) is 21.1 Å². The Morgan fingerprint density at radius 3 is 2.31 bits per heavy atom. The number of ether oxygens (including phenoxy) is 2. The summed E-state index contributed by atoms with van der Waals surface area (Å²) in [5, 5.41) is 3.53. The Balaban J connectivity index is 3.48. The summed E-state index contributed by atoms with van der Waals surface area (Å²) in [5.74, 6) is 0.671. The molecule has 0 bridgehead atoms. The fraction of sp³-hybridized carbons (Fsp3) is 1.00. The number of hydrogen-bond acceptors (Lipinski definition) is 3. The van der Waals surface area contributed by atoms with Crippen LogP contribution in [0, 0.1) is 0 Å². The van der Waals surface area contributed by atoms with Gasteiger partial charge in [0.1, 0.15) is 0 Å². The Morgan fingerprint density at radius 1 is 1.12 bits per heavy atom. The zero-order chi connectivity index (χ0) is 12.3. The lowest BCUT2D eigenvalue weighted by Crippen LogP contribution is -2.46. The molecule has 0 saturated heterocycles. The molecule has 0 radical (unpaired) electrons. The third-order valence-electron chi connectivity index (χ3n) is 3.01. The lowest BCUT2D eigenvalue weighted by Gasteiger charge is -2.30. The van der Waals surface area contributed by atoms with E-state index in [1.54, 1.807) is 7.11 Å². The molecule has 0 aromatic carbocycles. The highest BCUT2D eigenvalue weighted by atomic mass is 35.5. The number of rotatable bonds is 11. The Morgan fingerprint density at radius 2 is 1.81 bits per heavy atom. The van der Waals surface area contributed by atoms with Crippen molar-refractivity contribution in [1.29, 1.82) is 0 Å². The molecule has 0 fully saturated rings. The minimum absolute atomic E-state index is 0.105. The standard InChI is InChI=1S/C12H26ClNO2/c1-4-12(5-2,11-13)14-7-6-8-16-10-9-15-3/h14H,4-11H2,1-3H3. The number of halogens is 1. The van der Waals surface area contributed by atoms with E-state index in [1.807, 2.05) is 0 Å². The highest BCUT2D eigenvalue weighted by Gasteiger charge is 2.23. The van der Waals surface area contributed by atoms with Crippen molar-refractivity contribution in [3.8, 4) is 0 Å². The van der Waals surface area contributed by atoms with Crippen LogP contribution in [0.2, 0.25) is 0 Å². The largest absolute Gasteiger partial charge is 0.382 e. The van der Waals surface area contributed by atoms with Crippen LogP contribution in [0.1, 0.15) is 33.1 Å². The first-order chi connectivity index (χ1) is 7.74. The summed E-state index contributed by atoms with van der Waals surface area (Å²) < 4.78 is 10.3. The zero-order valence-corrected chi connectivity index (χ0v) is 11.6. The minimum atomic E-state index is 0.105. The molecule has 0 unspecified atom stereocenters. The van der Waals surface area contributed by atoms with Crippen molar-refractivity contribution in [3.05, 3.63) is 0 Å². The summed E-state index contributed by atoms with van der Waals surface area (Å²) in [6.07, 6.45) is 3.15. The van der Waals surface area contributed by atoms with Crippen LogP contribution in [0.4, 0.5) is 0 Å². The topological polar surface area (TPSA) is 30.5 Å². The van der Waals surface area contributed by atoms with Crippen LogP contribution in [0.5, 0.6) is 0 Å². The fourth-order valence-electron chi connectivity index (χ4n) is 1.51. The summed E-state index contributed by atoms with van der Waals surface area (Å²) in [7, 11) is 1.68. The van der Waals surface area contributed by atoms with Gasteiger partial charge in [-0.05, 0) is 25.8 Å². The van der Waals surface area contributed by atoms with Crippen LogP contribution in [0.25, 0.3) is 0 Å². The van der Waals surface area contributed by atoms with Crippen molar-refractivity contribution in [2.75, 3.05) is 39.4 Å². The van der Waals surface area contributed by atoms with E-state index in [0.717, 1.165) is 32.4 Å². The van der Waals surface area contributed by atoms with E-state index in [0.29, 0.717) is 19.1 Å². The molecule has 0 spiro atoms. The minimum Gasteiger partial charge on any atom is -0.382 e. The van der Waals surface area contributed by atoms with Gasteiger partial charge in [0, 0.05) is 25.1 Å². The first-order valence-corrected chi connectivity index (χ1v) is 6.65. The third-order valence-corrected chi connectivity index (χ3v) is 3.52. The predicted octanol–water partition coefficient (Wildman–Crippen LogP) is 2.43. The second-order valence-corrected chi connectivity index (χ2v) is 4.27. The lowest BCUT2D eigenvalue weighted by molar-refractivity contribution is 0.0687. The smallest absolute Gasteiger partial charge is 0.0700 e. The molecule has 0 aromatic heterocycles. The molecular weight excluding hydrogens is 226 g/mol. The van der Waals surface area contributed by atoms with Crippen molar-refractivity contribution in [1.82, 2.24) is 5.32 Å². The first-order valence-electron chi connectivity index (χ1n) is 6.12. The Hall–Kier alpha value is 0.170. The maximum atomic E-state index is 6.00. The molecule has 3 nitrogen and oxygen atoms in total. The first kappa shape index (κ1) is 16.2. The normalized spacial score (nSPS) is 12.0. The molecule has 0 atom stereocenters. The molecule has 1 N–H and O–H groups in total. The molecule has 0 aliphatic heterocycles. The maximum Gasteiger partial charge on any atom is 0.0700 e. The molecule has 0 aromatic rings. The van der Waals surface area contributed by atoms with Gasteiger partial charge in [-0.15, -0.1) is 11.6 Å². The van der Waals surface area contributed by atoms with Crippen molar-refractivity contribution in [2.45, 2.75) is 38.6 Å². The van der Waals surface area contributed by atoms with Gasteiger partial charge >= 0.3 is 0 Å². The van der Waals surface area contributed by atoms with E-state index < -0.39 is 0 Å². The second kappa shape index (κ2) is 10.3. The molecule has 4 heteroatoms. The van der Waals surface area contributed by atoms with Gasteiger partial charge in [-0.2, -0.15) is 0 Å². The number of methoxy groups -OCH3 is 1. The average molecular weight is 252 g/mol. The lowest BCUT2D eigenvalue weighted by atomic mass is 9.95. The van der Waals surface area contributed by atoms with E-state index in [9.17, 15) is 0 Å². The molecule has 16 heavy (non-hydrogen) atoms. The molecule has 0 amide bonds. The van der Waals surface area contributed by atoms with Gasteiger partial charge in [0.25, 0.3) is 0 Å². The van der Waals surface area contributed by atoms with Crippen molar-refractivity contribution < 1.29 is 9.47 Å². The molecular formula is C12H26ClNO2. The van der Waals surface area contributed by atoms with E-state index in [-0.39, 0.29) is 5.54 Å². The van der Waals surface area contributed by atoms with E-state index in [1.165, 1.54) is 0 Å². The van der Waals surface area contributed by atoms with Gasteiger partial charge in [-0.3, -0.25) is 0 Å². The van der Waals surface area contributed by atoms with Crippen LogP contribution in [-0.4, -0.2) is 44.9 Å². The van der Waals surface area contributed by atoms with Gasteiger partial charge in [-0.25, -0.2) is 0 Å². The SMILES string of the molecule is CCC(CC)(CCl)NCCCOCCOC. The van der Waals surface area contributed by atoms with Crippen molar-refractivity contribution in [3.63, 3.8) is 0 Å².